The molecule has 8 bridgehead atoms. The highest BCUT2D eigenvalue weighted by atomic mass is 16.3. The normalized spacial score (nSPS) is 60.1. The molecule has 0 amide bonds. The quantitative estimate of drug-likeness (QED) is 0.662. The molecule has 0 radical (unpaired) electrons. The molecule has 8 rings (SSSR count). The molecule has 1 N–H and O–H groups in total. The molecular formula is C20H28O. The molecule has 114 valence electrons. The van der Waals surface area contributed by atoms with Crippen LogP contribution in [0, 0.1) is 47.3 Å². The van der Waals surface area contributed by atoms with Gasteiger partial charge in [-0.2, -0.15) is 0 Å². The second kappa shape index (κ2) is 3.96. The minimum absolute atomic E-state index is 0.0255. The average Bonchev–Trinajstić information content (AvgIpc) is 2.45. The Kier molecular flexibility index (Phi) is 2.29. The van der Waals surface area contributed by atoms with E-state index in [0.717, 1.165) is 35.5 Å². The fourth-order valence-corrected chi connectivity index (χ4v) is 8.26. The van der Waals surface area contributed by atoms with Crippen LogP contribution < -0.4 is 0 Å². The van der Waals surface area contributed by atoms with Crippen molar-refractivity contribution in [3.8, 4) is 0 Å². The zero-order chi connectivity index (χ0) is 13.7. The molecule has 0 aliphatic heterocycles. The molecule has 8 aliphatic rings. The third-order valence-corrected chi connectivity index (χ3v) is 8.51. The molecule has 21 heavy (non-hydrogen) atoms. The summed E-state index contributed by atoms with van der Waals surface area (Å²) in [5, 5.41) is 10.8. The Hall–Kier alpha value is -0.300. The Morgan fingerprint density at radius 2 is 1.14 bits per heavy atom. The van der Waals surface area contributed by atoms with E-state index in [0.29, 0.717) is 11.8 Å². The first-order valence-corrected chi connectivity index (χ1v) is 9.68. The summed E-state index contributed by atoms with van der Waals surface area (Å²) in [5.74, 6) is 7.13. The topological polar surface area (TPSA) is 20.2 Å². The monoisotopic (exact) mass is 284 g/mol. The van der Waals surface area contributed by atoms with E-state index >= 15 is 0 Å². The average molecular weight is 284 g/mol. The van der Waals surface area contributed by atoms with Crippen molar-refractivity contribution in [1.29, 1.82) is 0 Å². The summed E-state index contributed by atoms with van der Waals surface area (Å²) in [6.07, 6.45) is 13.1. The summed E-state index contributed by atoms with van der Waals surface area (Å²) in [4.78, 5) is 0. The van der Waals surface area contributed by atoms with Crippen LogP contribution in [0.1, 0.15) is 57.8 Å². The first-order chi connectivity index (χ1) is 10.3. The molecule has 1 nitrogen and oxygen atoms in total. The van der Waals surface area contributed by atoms with Crippen LogP contribution in [-0.2, 0) is 0 Å². The number of aliphatic hydroxyl groups is 1. The van der Waals surface area contributed by atoms with Gasteiger partial charge < -0.3 is 5.11 Å². The molecule has 0 aromatic heterocycles. The van der Waals surface area contributed by atoms with Crippen molar-refractivity contribution >= 4 is 0 Å². The van der Waals surface area contributed by atoms with E-state index in [-0.39, 0.29) is 6.10 Å². The Labute approximate surface area is 128 Å². The predicted molar refractivity (Wildman–Crippen MR) is 82.5 cm³/mol. The molecule has 0 spiro atoms. The van der Waals surface area contributed by atoms with Gasteiger partial charge in [-0.1, -0.05) is 11.1 Å². The van der Waals surface area contributed by atoms with Crippen molar-refractivity contribution < 1.29 is 5.11 Å². The fourth-order valence-electron chi connectivity index (χ4n) is 8.26. The smallest absolute Gasteiger partial charge is 0.0634 e. The third kappa shape index (κ3) is 1.52. The van der Waals surface area contributed by atoms with Gasteiger partial charge in [0.05, 0.1) is 6.10 Å². The van der Waals surface area contributed by atoms with Gasteiger partial charge in [-0.25, -0.2) is 0 Å². The SMILES string of the molecule is O[C@@H]1[C@@H]2C[C@H]3C[C@@H](C2)C(=C2C4CC5CC(C4)CC2C5)[C@@H]1C3. The van der Waals surface area contributed by atoms with Gasteiger partial charge in [0.1, 0.15) is 0 Å². The van der Waals surface area contributed by atoms with Gasteiger partial charge in [0.2, 0.25) is 0 Å². The fraction of sp³-hybridized carbons (Fsp3) is 0.900. The minimum atomic E-state index is 0.0255. The Balaban J connectivity index is 1.47. The maximum Gasteiger partial charge on any atom is 0.0634 e. The van der Waals surface area contributed by atoms with Crippen LogP contribution in [0.25, 0.3) is 0 Å². The Bertz CT molecular complexity index is 488. The molecule has 8 aliphatic carbocycles. The second-order valence-corrected chi connectivity index (χ2v) is 9.58. The van der Waals surface area contributed by atoms with Crippen LogP contribution >= 0.6 is 0 Å². The van der Waals surface area contributed by atoms with Gasteiger partial charge in [-0.05, 0) is 99.2 Å². The van der Waals surface area contributed by atoms with Gasteiger partial charge in [0.25, 0.3) is 0 Å². The van der Waals surface area contributed by atoms with Crippen LogP contribution in [0.5, 0.6) is 0 Å². The maximum absolute atomic E-state index is 10.8. The van der Waals surface area contributed by atoms with E-state index in [4.69, 9.17) is 0 Å². The van der Waals surface area contributed by atoms with Crippen molar-refractivity contribution in [2.24, 2.45) is 47.3 Å². The molecule has 8 fully saturated rings. The van der Waals surface area contributed by atoms with Crippen LogP contribution in [0.15, 0.2) is 11.1 Å². The first kappa shape index (κ1) is 12.2. The largest absolute Gasteiger partial charge is 0.392 e. The van der Waals surface area contributed by atoms with E-state index in [1.54, 1.807) is 6.42 Å². The lowest BCUT2D eigenvalue weighted by Crippen LogP contribution is -2.52. The lowest BCUT2D eigenvalue weighted by atomic mass is 9.47. The first-order valence-electron chi connectivity index (χ1n) is 9.68. The highest BCUT2D eigenvalue weighted by Crippen LogP contribution is 2.63. The Morgan fingerprint density at radius 3 is 1.81 bits per heavy atom. The number of allylic oxidation sites excluding steroid dienone is 1. The minimum Gasteiger partial charge on any atom is -0.392 e. The molecule has 0 aromatic carbocycles. The molecule has 0 unspecified atom stereocenters. The van der Waals surface area contributed by atoms with Gasteiger partial charge in [-0.15, -0.1) is 0 Å². The molecule has 0 saturated heterocycles. The molecule has 8 saturated carbocycles. The highest BCUT2D eigenvalue weighted by Gasteiger charge is 2.54. The number of hydrogen-bond donors (Lipinski definition) is 1. The predicted octanol–water partition coefficient (Wildman–Crippen LogP) is 4.17. The van der Waals surface area contributed by atoms with E-state index in [9.17, 15) is 5.11 Å². The van der Waals surface area contributed by atoms with Gasteiger partial charge in [0, 0.05) is 5.92 Å². The van der Waals surface area contributed by atoms with Crippen molar-refractivity contribution in [3.05, 3.63) is 11.1 Å². The molecule has 0 heterocycles. The number of aliphatic hydroxyl groups excluding tert-OH is 1. The maximum atomic E-state index is 10.8. The summed E-state index contributed by atoms with van der Waals surface area (Å²) in [6.45, 7) is 0. The van der Waals surface area contributed by atoms with Crippen LogP contribution in [0.4, 0.5) is 0 Å². The van der Waals surface area contributed by atoms with Crippen molar-refractivity contribution in [1.82, 2.24) is 0 Å². The lowest BCUT2D eigenvalue weighted by Gasteiger charge is -2.59. The van der Waals surface area contributed by atoms with Gasteiger partial charge >= 0.3 is 0 Å². The molecule has 1 heteroatoms. The van der Waals surface area contributed by atoms with E-state index < -0.39 is 0 Å². The summed E-state index contributed by atoms with van der Waals surface area (Å²) in [6, 6.07) is 0. The van der Waals surface area contributed by atoms with Crippen molar-refractivity contribution in [3.63, 3.8) is 0 Å². The second-order valence-electron chi connectivity index (χ2n) is 9.58. The van der Waals surface area contributed by atoms with Gasteiger partial charge in [0.15, 0.2) is 0 Å². The third-order valence-electron chi connectivity index (χ3n) is 8.51. The van der Waals surface area contributed by atoms with Crippen LogP contribution in [-0.4, -0.2) is 11.2 Å². The Morgan fingerprint density at radius 1 is 0.571 bits per heavy atom. The zero-order valence-corrected chi connectivity index (χ0v) is 13.0. The summed E-state index contributed by atoms with van der Waals surface area (Å²) in [7, 11) is 0. The van der Waals surface area contributed by atoms with Crippen LogP contribution in [0.2, 0.25) is 0 Å². The number of hydrogen-bond acceptors (Lipinski definition) is 1. The highest BCUT2D eigenvalue weighted by molar-refractivity contribution is 5.34. The summed E-state index contributed by atoms with van der Waals surface area (Å²) < 4.78 is 0. The zero-order valence-electron chi connectivity index (χ0n) is 13.0. The lowest BCUT2D eigenvalue weighted by molar-refractivity contribution is -0.0620. The van der Waals surface area contributed by atoms with E-state index in [1.165, 1.54) is 51.4 Å². The van der Waals surface area contributed by atoms with E-state index in [1.807, 2.05) is 11.1 Å². The summed E-state index contributed by atoms with van der Waals surface area (Å²) in [5.41, 5.74) is 3.79. The molecular weight excluding hydrogens is 256 g/mol. The summed E-state index contributed by atoms with van der Waals surface area (Å²) >= 11 is 0. The standard InChI is InChI=1S/C20H28O/c21-20-16-7-12-6-15(9-16)19(17(20)8-12)18-13-2-10-1-11(4-13)5-14(18)3-10/h10-17,20-21H,1-9H2/t10?,11?,12-,13?,14?,15+,16-,17+,20-/m1/s1. The van der Waals surface area contributed by atoms with Crippen molar-refractivity contribution in [2.75, 3.05) is 0 Å². The van der Waals surface area contributed by atoms with E-state index in [2.05, 4.69) is 0 Å². The van der Waals surface area contributed by atoms with Gasteiger partial charge in [-0.3, -0.25) is 0 Å². The van der Waals surface area contributed by atoms with Crippen LogP contribution in [0.3, 0.4) is 0 Å². The van der Waals surface area contributed by atoms with Crippen molar-refractivity contribution in [2.45, 2.75) is 63.9 Å². The molecule has 5 atom stereocenters. The molecule has 0 aromatic rings. The number of rotatable bonds is 0.